The molecule has 4 nitrogen and oxygen atoms in total. The summed E-state index contributed by atoms with van der Waals surface area (Å²) in [4.78, 5) is 0. The minimum atomic E-state index is -0.111. The predicted octanol–water partition coefficient (Wildman–Crippen LogP) is 4.71. The topological polar surface area (TPSA) is 32.6 Å². The molecular formula is C22H23NO3. The van der Waals surface area contributed by atoms with Crippen LogP contribution in [-0.4, -0.2) is 24.4 Å². The van der Waals surface area contributed by atoms with E-state index in [-0.39, 0.29) is 12.3 Å². The van der Waals surface area contributed by atoms with Crippen molar-refractivity contribution in [3.8, 4) is 5.75 Å². The molecule has 0 fully saturated rings. The van der Waals surface area contributed by atoms with Crippen molar-refractivity contribution in [1.29, 1.82) is 0 Å². The third kappa shape index (κ3) is 3.66. The van der Waals surface area contributed by atoms with Gasteiger partial charge in [0.1, 0.15) is 5.75 Å². The van der Waals surface area contributed by atoms with Crippen molar-refractivity contribution in [1.82, 2.24) is 4.57 Å². The molecule has 2 atom stereocenters. The van der Waals surface area contributed by atoms with E-state index in [2.05, 4.69) is 47.2 Å². The first-order valence-corrected chi connectivity index (χ1v) is 8.92. The minimum Gasteiger partial charge on any atom is -0.497 e. The molecule has 0 spiro atoms. The average molecular weight is 349 g/mol. The van der Waals surface area contributed by atoms with Crippen molar-refractivity contribution in [2.45, 2.75) is 25.4 Å². The maximum atomic E-state index is 6.25. The van der Waals surface area contributed by atoms with E-state index in [1.807, 2.05) is 30.3 Å². The smallest absolute Gasteiger partial charge is 0.153 e. The largest absolute Gasteiger partial charge is 0.497 e. The zero-order chi connectivity index (χ0) is 17.8. The first-order valence-electron chi connectivity index (χ1n) is 8.92. The van der Waals surface area contributed by atoms with E-state index in [9.17, 15) is 0 Å². The molecule has 0 N–H and O–H groups in total. The molecular weight excluding hydrogens is 326 g/mol. The summed E-state index contributed by atoms with van der Waals surface area (Å²) < 4.78 is 19.6. The lowest BCUT2D eigenvalue weighted by atomic mass is 10.2. The van der Waals surface area contributed by atoms with Gasteiger partial charge in [-0.25, -0.2) is 0 Å². The van der Waals surface area contributed by atoms with Crippen LogP contribution in [0.4, 0.5) is 0 Å². The molecule has 2 heterocycles. The Bertz CT molecular complexity index is 885. The second-order valence-corrected chi connectivity index (χ2v) is 6.46. The number of rotatable bonds is 6. The summed E-state index contributed by atoms with van der Waals surface area (Å²) in [5, 5.41) is 1.14. The van der Waals surface area contributed by atoms with E-state index < -0.39 is 0 Å². The predicted molar refractivity (Wildman–Crippen MR) is 102 cm³/mol. The third-order valence-electron chi connectivity index (χ3n) is 4.65. The maximum absolute atomic E-state index is 6.25. The van der Waals surface area contributed by atoms with Gasteiger partial charge < -0.3 is 18.8 Å². The van der Waals surface area contributed by atoms with Gasteiger partial charge in [0.05, 0.1) is 31.9 Å². The fraction of sp³-hybridized carbons (Fsp3) is 0.273. The summed E-state index contributed by atoms with van der Waals surface area (Å²) in [5.74, 6) is 0.863. The molecule has 2 aromatic carbocycles. The Labute approximate surface area is 153 Å². The number of hydrogen-bond donors (Lipinski definition) is 0. The summed E-state index contributed by atoms with van der Waals surface area (Å²) in [6, 6.07) is 18.4. The lowest BCUT2D eigenvalue weighted by Gasteiger charge is -2.27. The van der Waals surface area contributed by atoms with E-state index in [1.54, 1.807) is 7.11 Å². The van der Waals surface area contributed by atoms with Crippen LogP contribution in [0.3, 0.4) is 0 Å². The normalized spacial score (nSPS) is 19.7. The molecule has 0 amide bonds. The maximum Gasteiger partial charge on any atom is 0.153 e. The number of nitrogens with zero attached hydrogens (tertiary/aromatic N) is 1. The molecule has 0 aliphatic carbocycles. The average Bonchev–Trinajstić information content (AvgIpc) is 3.12. The van der Waals surface area contributed by atoms with E-state index in [1.165, 1.54) is 5.56 Å². The first kappa shape index (κ1) is 16.9. The molecule has 3 aromatic rings. The molecule has 0 bridgehead atoms. The van der Waals surface area contributed by atoms with E-state index >= 15 is 0 Å². The number of benzene rings is 2. The van der Waals surface area contributed by atoms with Gasteiger partial charge in [-0.05, 0) is 42.3 Å². The molecule has 26 heavy (non-hydrogen) atoms. The summed E-state index contributed by atoms with van der Waals surface area (Å²) in [6.07, 6.45) is 7.17. The van der Waals surface area contributed by atoms with Crippen LogP contribution in [0.15, 0.2) is 72.9 Å². The van der Waals surface area contributed by atoms with E-state index in [0.29, 0.717) is 13.2 Å². The van der Waals surface area contributed by atoms with Crippen LogP contribution in [0, 0.1) is 0 Å². The summed E-state index contributed by atoms with van der Waals surface area (Å²) >= 11 is 0. The molecule has 0 radical (unpaired) electrons. The second kappa shape index (κ2) is 7.77. The number of fused-ring (bicyclic) bond motifs is 1. The Hall–Kier alpha value is -2.56. The van der Waals surface area contributed by atoms with Crippen LogP contribution >= 0.6 is 0 Å². The molecule has 0 saturated carbocycles. The van der Waals surface area contributed by atoms with Gasteiger partial charge in [0, 0.05) is 11.6 Å². The Morgan fingerprint density at radius 3 is 2.85 bits per heavy atom. The highest BCUT2D eigenvalue weighted by molar-refractivity contribution is 5.81. The number of hydrogen-bond acceptors (Lipinski definition) is 3. The van der Waals surface area contributed by atoms with Gasteiger partial charge in [-0.15, -0.1) is 0 Å². The molecule has 1 aliphatic rings. The van der Waals surface area contributed by atoms with Crippen LogP contribution < -0.4 is 4.74 Å². The Kier molecular flexibility index (Phi) is 5.04. The van der Waals surface area contributed by atoms with Crippen molar-refractivity contribution in [3.63, 3.8) is 0 Å². The Balaban J connectivity index is 1.40. The van der Waals surface area contributed by atoms with Crippen molar-refractivity contribution in [3.05, 3.63) is 78.5 Å². The van der Waals surface area contributed by atoms with Crippen LogP contribution in [0.25, 0.3) is 10.9 Å². The van der Waals surface area contributed by atoms with Crippen LogP contribution in [0.5, 0.6) is 5.75 Å². The van der Waals surface area contributed by atoms with Gasteiger partial charge in [-0.2, -0.15) is 0 Å². The summed E-state index contributed by atoms with van der Waals surface area (Å²) in [7, 11) is 1.69. The van der Waals surface area contributed by atoms with Gasteiger partial charge in [0.2, 0.25) is 0 Å². The zero-order valence-corrected chi connectivity index (χ0v) is 14.9. The molecule has 1 aromatic heterocycles. The highest BCUT2D eigenvalue weighted by atomic mass is 16.5. The standard InChI is InChI=1S/C22H23NO3/c1-24-19-10-11-21-18(14-19)12-13-23(21)22-9-5-8-20(26-22)16-25-15-17-6-3-2-4-7-17/h2-7,9-14,20,22H,8,15-16H2,1H3/t20-,22+/m0/s1. The minimum absolute atomic E-state index is 0.0596. The van der Waals surface area contributed by atoms with Crippen molar-refractivity contribution >= 4 is 10.9 Å². The lowest BCUT2D eigenvalue weighted by Crippen LogP contribution is -2.26. The first-order chi connectivity index (χ1) is 12.8. The fourth-order valence-electron chi connectivity index (χ4n) is 3.28. The van der Waals surface area contributed by atoms with Crippen LogP contribution in [0.2, 0.25) is 0 Å². The van der Waals surface area contributed by atoms with Gasteiger partial charge in [0.25, 0.3) is 0 Å². The zero-order valence-electron chi connectivity index (χ0n) is 14.9. The summed E-state index contributed by atoms with van der Waals surface area (Å²) in [5.41, 5.74) is 2.31. The van der Waals surface area contributed by atoms with Gasteiger partial charge in [-0.3, -0.25) is 0 Å². The summed E-state index contributed by atoms with van der Waals surface area (Å²) in [6.45, 7) is 1.20. The number of methoxy groups -OCH3 is 1. The van der Waals surface area contributed by atoms with Gasteiger partial charge in [-0.1, -0.05) is 36.4 Å². The van der Waals surface area contributed by atoms with Crippen molar-refractivity contribution in [2.75, 3.05) is 13.7 Å². The molecule has 0 saturated heterocycles. The molecule has 4 rings (SSSR count). The quantitative estimate of drug-likeness (QED) is 0.604. The monoisotopic (exact) mass is 349 g/mol. The van der Waals surface area contributed by atoms with E-state index in [4.69, 9.17) is 14.2 Å². The van der Waals surface area contributed by atoms with Crippen LogP contribution in [0.1, 0.15) is 18.2 Å². The lowest BCUT2D eigenvalue weighted by molar-refractivity contribution is -0.0734. The SMILES string of the molecule is COc1ccc2c(ccn2[C@H]2C=CC[C@@H](COCc3ccccc3)O2)c1. The number of ether oxygens (including phenoxy) is 3. The molecule has 4 heteroatoms. The van der Waals surface area contributed by atoms with Crippen molar-refractivity contribution in [2.24, 2.45) is 0 Å². The number of aromatic nitrogens is 1. The van der Waals surface area contributed by atoms with Gasteiger partial charge in [0.15, 0.2) is 6.23 Å². The molecule has 134 valence electrons. The van der Waals surface area contributed by atoms with Crippen molar-refractivity contribution < 1.29 is 14.2 Å². The third-order valence-corrected chi connectivity index (χ3v) is 4.65. The Morgan fingerprint density at radius 2 is 2.00 bits per heavy atom. The fourth-order valence-corrected chi connectivity index (χ4v) is 3.28. The Morgan fingerprint density at radius 1 is 1.12 bits per heavy atom. The van der Waals surface area contributed by atoms with E-state index in [0.717, 1.165) is 23.1 Å². The van der Waals surface area contributed by atoms with Gasteiger partial charge >= 0.3 is 0 Å². The highest BCUT2D eigenvalue weighted by Crippen LogP contribution is 2.28. The second-order valence-electron chi connectivity index (χ2n) is 6.46. The van der Waals surface area contributed by atoms with Crippen LogP contribution in [-0.2, 0) is 16.1 Å². The molecule has 0 unspecified atom stereocenters. The molecule has 1 aliphatic heterocycles. The highest BCUT2D eigenvalue weighted by Gasteiger charge is 2.20.